The molecule has 7 nitrogen and oxygen atoms in total. The molecule has 1 N–H and O–H groups in total. The van der Waals surface area contributed by atoms with Crippen LogP contribution in [0.2, 0.25) is 0 Å². The summed E-state index contributed by atoms with van der Waals surface area (Å²) in [6, 6.07) is 4.04. The highest BCUT2D eigenvalue weighted by atomic mass is 32.1. The largest absolute Gasteiger partial charge is 0.486 e. The number of thiazole rings is 1. The number of nitrogens with zero attached hydrogens (tertiary/aromatic N) is 3. The number of aromatic nitrogens is 3. The quantitative estimate of drug-likeness (QED) is 0.752. The molecule has 0 bridgehead atoms. The van der Waals surface area contributed by atoms with E-state index in [2.05, 4.69) is 15.0 Å². The van der Waals surface area contributed by atoms with Crippen molar-refractivity contribution in [2.75, 3.05) is 19.8 Å². The van der Waals surface area contributed by atoms with Crippen molar-refractivity contribution in [3.8, 4) is 22.3 Å². The second-order valence-electron chi connectivity index (χ2n) is 6.22. The van der Waals surface area contributed by atoms with Crippen molar-refractivity contribution in [2.45, 2.75) is 13.0 Å². The zero-order chi connectivity index (χ0) is 17.5. The molecule has 0 saturated carbocycles. The summed E-state index contributed by atoms with van der Waals surface area (Å²) >= 11 is 1.41. The Hall–Kier alpha value is -2.87. The molecule has 8 heteroatoms. The van der Waals surface area contributed by atoms with Gasteiger partial charge >= 0.3 is 0 Å². The number of hydrogen-bond donors (Lipinski definition) is 1. The van der Waals surface area contributed by atoms with Crippen LogP contribution in [0, 0.1) is 0 Å². The Morgan fingerprint density at radius 1 is 1.19 bits per heavy atom. The zero-order valence-electron chi connectivity index (χ0n) is 13.9. The number of ether oxygens (including phenoxy) is 2. The van der Waals surface area contributed by atoms with E-state index in [0.29, 0.717) is 37.8 Å². The van der Waals surface area contributed by atoms with Crippen molar-refractivity contribution in [1.82, 2.24) is 19.9 Å². The number of imidazole rings is 1. The molecule has 0 spiro atoms. The van der Waals surface area contributed by atoms with Crippen molar-refractivity contribution < 1.29 is 14.3 Å². The van der Waals surface area contributed by atoms with Crippen LogP contribution in [0.5, 0.6) is 11.5 Å². The van der Waals surface area contributed by atoms with Crippen molar-refractivity contribution in [2.24, 2.45) is 0 Å². The molecular formula is C18H16N4O3S. The molecule has 2 aliphatic rings. The van der Waals surface area contributed by atoms with E-state index in [1.807, 2.05) is 17.0 Å². The number of H-pyrrole nitrogens is 1. The first kappa shape index (κ1) is 15.4. The molecule has 0 unspecified atom stereocenters. The maximum atomic E-state index is 12.9. The fraction of sp³-hybridized carbons (Fsp3) is 0.278. The SMILES string of the molecule is O=C(c1csc(-c2ncc[nH]2)n1)N1CCc2cc3c(cc2C1)OCCO3. The highest BCUT2D eigenvalue weighted by Gasteiger charge is 2.26. The summed E-state index contributed by atoms with van der Waals surface area (Å²) in [5, 5.41) is 2.51. The van der Waals surface area contributed by atoms with Gasteiger partial charge in [-0.2, -0.15) is 0 Å². The van der Waals surface area contributed by atoms with Gasteiger partial charge in [0, 0.05) is 30.9 Å². The normalized spacial score (nSPS) is 15.6. The van der Waals surface area contributed by atoms with E-state index < -0.39 is 0 Å². The number of nitrogens with one attached hydrogen (secondary N) is 1. The van der Waals surface area contributed by atoms with E-state index >= 15 is 0 Å². The van der Waals surface area contributed by atoms with Gasteiger partial charge in [-0.15, -0.1) is 11.3 Å². The van der Waals surface area contributed by atoms with Crippen LogP contribution < -0.4 is 9.47 Å². The first-order chi connectivity index (χ1) is 12.8. The van der Waals surface area contributed by atoms with Gasteiger partial charge in [0.1, 0.15) is 18.9 Å². The van der Waals surface area contributed by atoms with Gasteiger partial charge in [0.15, 0.2) is 22.3 Å². The molecular weight excluding hydrogens is 352 g/mol. The average molecular weight is 368 g/mol. The Balaban J connectivity index is 1.38. The molecule has 1 amide bonds. The molecule has 4 heterocycles. The average Bonchev–Trinajstić information content (AvgIpc) is 3.36. The Labute approximate surface area is 153 Å². The summed E-state index contributed by atoms with van der Waals surface area (Å²) in [6.45, 7) is 2.36. The summed E-state index contributed by atoms with van der Waals surface area (Å²) in [6.07, 6.45) is 4.21. The highest BCUT2D eigenvalue weighted by molar-refractivity contribution is 7.13. The lowest BCUT2D eigenvalue weighted by atomic mass is 9.98. The molecule has 0 saturated heterocycles. The zero-order valence-corrected chi connectivity index (χ0v) is 14.7. The topological polar surface area (TPSA) is 80.3 Å². The number of carbonyl (C=O) groups excluding carboxylic acids is 1. The number of aromatic amines is 1. The highest BCUT2D eigenvalue weighted by Crippen LogP contribution is 2.35. The van der Waals surface area contributed by atoms with Crippen LogP contribution in [0.15, 0.2) is 29.9 Å². The lowest BCUT2D eigenvalue weighted by Crippen LogP contribution is -2.36. The fourth-order valence-corrected chi connectivity index (χ4v) is 4.04. The molecule has 26 heavy (non-hydrogen) atoms. The van der Waals surface area contributed by atoms with Gasteiger partial charge in [0.2, 0.25) is 0 Å². The lowest BCUT2D eigenvalue weighted by Gasteiger charge is -2.30. The molecule has 0 radical (unpaired) electrons. The monoisotopic (exact) mass is 368 g/mol. The van der Waals surface area contributed by atoms with Gasteiger partial charge in [-0.25, -0.2) is 9.97 Å². The Morgan fingerprint density at radius 2 is 2.00 bits per heavy atom. The molecule has 1 aromatic carbocycles. The molecule has 0 fully saturated rings. The summed E-state index contributed by atoms with van der Waals surface area (Å²) < 4.78 is 11.3. The minimum Gasteiger partial charge on any atom is -0.486 e. The van der Waals surface area contributed by atoms with Crippen LogP contribution in [-0.2, 0) is 13.0 Å². The van der Waals surface area contributed by atoms with Gasteiger partial charge in [0.05, 0.1) is 0 Å². The van der Waals surface area contributed by atoms with Crippen molar-refractivity contribution in [3.05, 3.63) is 46.7 Å². The van der Waals surface area contributed by atoms with Crippen LogP contribution in [0.4, 0.5) is 0 Å². The Kier molecular flexibility index (Phi) is 3.63. The third-order valence-electron chi connectivity index (χ3n) is 4.59. The number of hydrogen-bond acceptors (Lipinski definition) is 6. The molecule has 3 aromatic rings. The summed E-state index contributed by atoms with van der Waals surface area (Å²) in [5.41, 5.74) is 2.78. The van der Waals surface area contributed by atoms with Gasteiger partial charge in [-0.05, 0) is 29.7 Å². The number of benzene rings is 1. The van der Waals surface area contributed by atoms with Gasteiger partial charge in [-0.1, -0.05) is 0 Å². The van der Waals surface area contributed by atoms with Crippen LogP contribution in [0.3, 0.4) is 0 Å². The summed E-state index contributed by atoms with van der Waals surface area (Å²) in [5.74, 6) is 2.19. The standard InChI is InChI=1S/C18H16N4O3S/c23-18(13-10-26-17(21-13)16-19-2-3-20-16)22-4-1-11-7-14-15(8-12(11)9-22)25-6-5-24-14/h2-3,7-8,10H,1,4-6,9H2,(H,19,20). The van der Waals surface area contributed by atoms with Gasteiger partial charge in [0.25, 0.3) is 5.91 Å². The van der Waals surface area contributed by atoms with E-state index in [1.165, 1.54) is 16.9 Å². The van der Waals surface area contributed by atoms with Crippen molar-refractivity contribution >= 4 is 17.2 Å². The van der Waals surface area contributed by atoms with Crippen molar-refractivity contribution in [1.29, 1.82) is 0 Å². The molecule has 0 atom stereocenters. The predicted octanol–water partition coefficient (Wildman–Crippen LogP) is 2.50. The van der Waals surface area contributed by atoms with E-state index in [9.17, 15) is 4.79 Å². The Morgan fingerprint density at radius 3 is 2.77 bits per heavy atom. The summed E-state index contributed by atoms with van der Waals surface area (Å²) in [4.78, 5) is 26.3. The van der Waals surface area contributed by atoms with Crippen LogP contribution in [0.1, 0.15) is 21.6 Å². The second-order valence-corrected chi connectivity index (χ2v) is 7.08. The van der Waals surface area contributed by atoms with Crippen LogP contribution in [-0.4, -0.2) is 45.5 Å². The van der Waals surface area contributed by atoms with Gasteiger partial charge in [-0.3, -0.25) is 4.79 Å². The second kappa shape index (κ2) is 6.14. The van der Waals surface area contributed by atoms with Crippen LogP contribution in [0.25, 0.3) is 10.8 Å². The number of fused-ring (bicyclic) bond motifs is 2. The van der Waals surface area contributed by atoms with E-state index in [-0.39, 0.29) is 5.91 Å². The maximum absolute atomic E-state index is 12.9. The third-order valence-corrected chi connectivity index (χ3v) is 5.44. The van der Waals surface area contributed by atoms with E-state index in [1.54, 1.807) is 17.8 Å². The third kappa shape index (κ3) is 2.62. The number of carbonyl (C=O) groups is 1. The summed E-state index contributed by atoms with van der Waals surface area (Å²) in [7, 11) is 0. The molecule has 5 rings (SSSR count). The van der Waals surface area contributed by atoms with Gasteiger partial charge < -0.3 is 19.4 Å². The fourth-order valence-electron chi connectivity index (χ4n) is 3.29. The minimum absolute atomic E-state index is 0.0559. The van der Waals surface area contributed by atoms with E-state index in [4.69, 9.17) is 9.47 Å². The maximum Gasteiger partial charge on any atom is 0.273 e. The van der Waals surface area contributed by atoms with Crippen molar-refractivity contribution in [3.63, 3.8) is 0 Å². The number of amides is 1. The molecule has 132 valence electrons. The minimum atomic E-state index is -0.0559. The molecule has 0 aliphatic carbocycles. The number of rotatable bonds is 2. The predicted molar refractivity (Wildman–Crippen MR) is 95.6 cm³/mol. The molecule has 2 aromatic heterocycles. The first-order valence-corrected chi connectivity index (χ1v) is 9.32. The van der Waals surface area contributed by atoms with E-state index in [0.717, 1.165) is 28.5 Å². The first-order valence-electron chi connectivity index (χ1n) is 8.44. The lowest BCUT2D eigenvalue weighted by molar-refractivity contribution is 0.0729. The Bertz CT molecular complexity index is 967. The molecule has 2 aliphatic heterocycles. The van der Waals surface area contributed by atoms with Crippen LogP contribution >= 0.6 is 11.3 Å². The smallest absolute Gasteiger partial charge is 0.273 e.